The van der Waals surface area contributed by atoms with Crippen molar-refractivity contribution in [3.63, 3.8) is 0 Å². The van der Waals surface area contributed by atoms with Gasteiger partial charge in [-0.1, -0.05) is 24.3 Å². The summed E-state index contributed by atoms with van der Waals surface area (Å²) in [5, 5.41) is 18.2. The molecule has 1 fully saturated rings. The lowest BCUT2D eigenvalue weighted by Crippen LogP contribution is -2.45. The van der Waals surface area contributed by atoms with Gasteiger partial charge in [0.25, 0.3) is 0 Å². The molecule has 3 unspecified atom stereocenters. The number of anilines is 1. The molecule has 7 heteroatoms. The first-order valence-electron chi connectivity index (χ1n) is 11.6. The number of nitrogens with zero attached hydrogens (tertiary/aromatic N) is 5. The molecule has 2 aliphatic heterocycles. The largest absolute Gasteiger partial charge is 0.500 e. The van der Waals surface area contributed by atoms with Crippen LogP contribution in [-0.4, -0.2) is 48.8 Å². The van der Waals surface area contributed by atoms with Gasteiger partial charge in [0.2, 0.25) is 0 Å². The molecule has 0 bridgehead atoms. The molecule has 1 saturated heterocycles. The van der Waals surface area contributed by atoms with Crippen molar-refractivity contribution in [2.75, 3.05) is 25.1 Å². The van der Waals surface area contributed by atoms with E-state index in [1.54, 1.807) is 7.11 Å². The van der Waals surface area contributed by atoms with E-state index >= 15 is 0 Å². The molecule has 5 rings (SSSR count). The van der Waals surface area contributed by atoms with E-state index in [0.717, 1.165) is 59.2 Å². The standard InChI is InChI=1S/C27H27N5O2/c1-17-15-32(16-18(2)34-17)25-12-11-24(30-31-25)23-14-29-26-21(5-4-6-22(26)27(23)33-3)20-9-7-19(13-28)8-10-20/h4-5,7-12,14,17-18,22H,6,15-16H2,1-3H3. The number of ether oxygens (including phenoxy) is 2. The van der Waals surface area contributed by atoms with E-state index < -0.39 is 0 Å². The van der Waals surface area contributed by atoms with E-state index in [2.05, 4.69) is 47.2 Å². The van der Waals surface area contributed by atoms with Crippen molar-refractivity contribution in [3.8, 4) is 6.07 Å². The zero-order valence-corrected chi connectivity index (χ0v) is 19.6. The van der Waals surface area contributed by atoms with Crippen LogP contribution in [0.4, 0.5) is 5.82 Å². The Morgan fingerprint density at radius 2 is 1.79 bits per heavy atom. The number of benzene rings is 1. The van der Waals surface area contributed by atoms with E-state index in [-0.39, 0.29) is 18.1 Å². The van der Waals surface area contributed by atoms with Crippen molar-refractivity contribution in [1.82, 2.24) is 10.2 Å². The molecule has 3 aliphatic rings. The van der Waals surface area contributed by atoms with Crippen LogP contribution in [0, 0.1) is 17.2 Å². The van der Waals surface area contributed by atoms with Crippen molar-refractivity contribution in [3.05, 3.63) is 76.8 Å². The van der Waals surface area contributed by atoms with Gasteiger partial charge >= 0.3 is 0 Å². The molecular weight excluding hydrogens is 426 g/mol. The minimum Gasteiger partial charge on any atom is -0.500 e. The number of aromatic nitrogens is 2. The van der Waals surface area contributed by atoms with Crippen molar-refractivity contribution in [1.29, 1.82) is 5.26 Å². The van der Waals surface area contributed by atoms with Gasteiger partial charge in [-0.15, -0.1) is 10.2 Å². The van der Waals surface area contributed by atoms with E-state index in [4.69, 9.17) is 19.7 Å². The molecule has 0 saturated carbocycles. The van der Waals surface area contributed by atoms with Gasteiger partial charge in [0.15, 0.2) is 5.82 Å². The molecule has 1 aromatic heterocycles. The van der Waals surface area contributed by atoms with E-state index in [0.29, 0.717) is 5.56 Å². The molecule has 34 heavy (non-hydrogen) atoms. The molecule has 172 valence electrons. The van der Waals surface area contributed by atoms with Crippen LogP contribution < -0.4 is 4.90 Å². The average molecular weight is 454 g/mol. The van der Waals surface area contributed by atoms with Crippen LogP contribution in [0.25, 0.3) is 11.1 Å². The number of morpholine rings is 1. The van der Waals surface area contributed by atoms with Crippen molar-refractivity contribution >= 4 is 23.2 Å². The Morgan fingerprint density at radius 1 is 1.03 bits per heavy atom. The maximum atomic E-state index is 9.10. The van der Waals surface area contributed by atoms with Gasteiger partial charge in [0.05, 0.1) is 53.8 Å². The summed E-state index contributed by atoms with van der Waals surface area (Å²) < 4.78 is 11.7. The van der Waals surface area contributed by atoms with Crippen LogP contribution in [0.1, 0.15) is 37.1 Å². The Morgan fingerprint density at radius 3 is 2.44 bits per heavy atom. The lowest BCUT2D eigenvalue weighted by molar-refractivity contribution is -0.00550. The molecule has 1 aromatic carbocycles. The van der Waals surface area contributed by atoms with Crippen LogP contribution in [0.5, 0.6) is 0 Å². The third-order valence-corrected chi connectivity index (χ3v) is 6.39. The average Bonchev–Trinajstić information content (AvgIpc) is 2.87. The predicted molar refractivity (Wildman–Crippen MR) is 132 cm³/mol. The Balaban J connectivity index is 1.45. The Bertz CT molecular complexity index is 1230. The van der Waals surface area contributed by atoms with Gasteiger partial charge in [0, 0.05) is 24.9 Å². The number of hydrogen-bond donors (Lipinski definition) is 0. The summed E-state index contributed by atoms with van der Waals surface area (Å²) in [5.74, 6) is 1.70. The fraction of sp³-hybridized carbons (Fsp3) is 0.333. The molecule has 2 aromatic rings. The number of hydrogen-bond acceptors (Lipinski definition) is 7. The summed E-state index contributed by atoms with van der Waals surface area (Å²) in [4.78, 5) is 7.06. The number of dihydropyridines is 1. The smallest absolute Gasteiger partial charge is 0.151 e. The first kappa shape index (κ1) is 22.1. The lowest BCUT2D eigenvalue weighted by Gasteiger charge is -2.35. The number of aliphatic imine (C=N–C) groups is 1. The highest BCUT2D eigenvalue weighted by atomic mass is 16.5. The second-order valence-electron chi connectivity index (χ2n) is 8.86. The predicted octanol–water partition coefficient (Wildman–Crippen LogP) is 4.39. The van der Waals surface area contributed by atoms with Crippen LogP contribution in [-0.2, 0) is 9.47 Å². The molecule has 3 atom stereocenters. The van der Waals surface area contributed by atoms with E-state index in [1.807, 2.05) is 42.6 Å². The van der Waals surface area contributed by atoms with Crippen molar-refractivity contribution in [2.45, 2.75) is 32.5 Å². The van der Waals surface area contributed by atoms with Crippen LogP contribution in [0.2, 0.25) is 0 Å². The summed E-state index contributed by atoms with van der Waals surface area (Å²) in [5.41, 5.74) is 5.28. The van der Waals surface area contributed by atoms with Crippen molar-refractivity contribution in [2.24, 2.45) is 10.9 Å². The fourth-order valence-corrected chi connectivity index (χ4v) is 4.90. The number of nitriles is 1. The quantitative estimate of drug-likeness (QED) is 0.683. The Hall–Kier alpha value is -3.76. The van der Waals surface area contributed by atoms with Gasteiger partial charge < -0.3 is 14.4 Å². The van der Waals surface area contributed by atoms with Gasteiger partial charge in [-0.3, -0.25) is 4.99 Å². The first-order chi connectivity index (χ1) is 16.6. The molecule has 7 nitrogen and oxygen atoms in total. The van der Waals surface area contributed by atoms with Gasteiger partial charge in [-0.2, -0.15) is 5.26 Å². The number of rotatable bonds is 4. The summed E-state index contributed by atoms with van der Waals surface area (Å²) in [6.07, 6.45) is 7.20. The Kier molecular flexibility index (Phi) is 5.99. The van der Waals surface area contributed by atoms with E-state index in [1.165, 1.54) is 0 Å². The minimum atomic E-state index is 0.00284. The van der Waals surface area contributed by atoms with Crippen LogP contribution >= 0.6 is 0 Å². The highest BCUT2D eigenvalue weighted by Gasteiger charge is 2.31. The highest BCUT2D eigenvalue weighted by Crippen LogP contribution is 2.41. The van der Waals surface area contributed by atoms with Gasteiger partial charge in [0.1, 0.15) is 5.76 Å². The van der Waals surface area contributed by atoms with Gasteiger partial charge in [-0.05, 0) is 50.1 Å². The lowest BCUT2D eigenvalue weighted by atomic mass is 9.84. The Labute approximate surface area is 199 Å². The molecular formula is C27H27N5O2. The molecule has 3 heterocycles. The van der Waals surface area contributed by atoms with Crippen LogP contribution in [0.15, 0.2) is 65.0 Å². The molecule has 0 amide bonds. The van der Waals surface area contributed by atoms with E-state index in [9.17, 15) is 0 Å². The summed E-state index contributed by atoms with van der Waals surface area (Å²) >= 11 is 0. The number of fused-ring (bicyclic) bond motifs is 1. The molecule has 1 aliphatic carbocycles. The summed E-state index contributed by atoms with van der Waals surface area (Å²) in [6.45, 7) is 5.75. The maximum Gasteiger partial charge on any atom is 0.151 e. The second-order valence-corrected chi connectivity index (χ2v) is 8.86. The van der Waals surface area contributed by atoms with Crippen LogP contribution in [0.3, 0.4) is 0 Å². The fourth-order valence-electron chi connectivity index (χ4n) is 4.90. The number of methoxy groups -OCH3 is 1. The maximum absolute atomic E-state index is 9.10. The zero-order valence-electron chi connectivity index (χ0n) is 19.6. The van der Waals surface area contributed by atoms with Crippen molar-refractivity contribution < 1.29 is 9.47 Å². The zero-order chi connectivity index (χ0) is 23.7. The monoisotopic (exact) mass is 453 g/mol. The summed E-state index contributed by atoms with van der Waals surface area (Å²) in [6, 6.07) is 13.8. The SMILES string of the molecule is COC1=C(c2ccc(N3CC(C)OC(C)C3)nn2)C=NC2=C(c3ccc(C#N)cc3)C=CCC21. The minimum absolute atomic E-state index is 0.00284. The highest BCUT2D eigenvalue weighted by molar-refractivity contribution is 6.12. The molecule has 0 radical (unpaired) electrons. The topological polar surface area (TPSA) is 83.6 Å². The molecule has 0 spiro atoms. The first-order valence-corrected chi connectivity index (χ1v) is 11.6. The molecule has 0 N–H and O–H groups in total. The third-order valence-electron chi connectivity index (χ3n) is 6.39. The number of allylic oxidation sites excluding steroid dienone is 4. The van der Waals surface area contributed by atoms with Gasteiger partial charge in [-0.25, -0.2) is 0 Å². The third kappa shape index (κ3) is 4.13. The second kappa shape index (κ2) is 9.24. The normalized spacial score (nSPS) is 24.2. The summed E-state index contributed by atoms with van der Waals surface area (Å²) in [7, 11) is 1.70.